The third kappa shape index (κ3) is 1.84. The molecule has 0 atom stereocenters. The van der Waals surface area contributed by atoms with Crippen LogP contribution in [0.4, 0.5) is 10.2 Å². The van der Waals surface area contributed by atoms with E-state index < -0.39 is 5.95 Å². The standard InChI is InChI=1S/C11H13FN2O/c1-2-8-5-6-9(13-11(8)12)14-7-3-4-10(14)15/h5-6H,2-4,7H2,1H3. The van der Waals surface area contributed by atoms with Crippen molar-refractivity contribution < 1.29 is 9.18 Å². The molecule has 0 N–H and O–H groups in total. The van der Waals surface area contributed by atoms with Crippen LogP contribution >= 0.6 is 0 Å². The molecule has 1 aromatic rings. The molecule has 1 amide bonds. The van der Waals surface area contributed by atoms with E-state index in [9.17, 15) is 9.18 Å². The lowest BCUT2D eigenvalue weighted by atomic mass is 10.2. The summed E-state index contributed by atoms with van der Waals surface area (Å²) in [5.74, 6) is 0.00745. The fourth-order valence-electron chi connectivity index (χ4n) is 1.76. The zero-order valence-electron chi connectivity index (χ0n) is 8.66. The molecule has 0 saturated carbocycles. The van der Waals surface area contributed by atoms with Crippen LogP contribution in [-0.4, -0.2) is 17.4 Å². The molecule has 1 fully saturated rings. The van der Waals surface area contributed by atoms with E-state index in [-0.39, 0.29) is 5.91 Å². The number of nitrogens with zero attached hydrogens (tertiary/aromatic N) is 2. The van der Waals surface area contributed by atoms with Crippen LogP contribution < -0.4 is 4.90 Å². The molecule has 0 spiro atoms. The van der Waals surface area contributed by atoms with Crippen LogP contribution in [0.3, 0.4) is 0 Å². The molecule has 1 saturated heterocycles. The molecule has 1 aliphatic heterocycles. The molecule has 0 unspecified atom stereocenters. The number of hydrogen-bond donors (Lipinski definition) is 0. The van der Waals surface area contributed by atoms with E-state index in [2.05, 4.69) is 4.98 Å². The van der Waals surface area contributed by atoms with Crippen molar-refractivity contribution >= 4 is 11.7 Å². The van der Waals surface area contributed by atoms with Gasteiger partial charge >= 0.3 is 0 Å². The zero-order chi connectivity index (χ0) is 10.8. The van der Waals surface area contributed by atoms with Crippen LogP contribution in [0.5, 0.6) is 0 Å². The van der Waals surface area contributed by atoms with Gasteiger partial charge in [-0.1, -0.05) is 13.0 Å². The molecule has 0 bridgehead atoms. The molecule has 15 heavy (non-hydrogen) atoms. The molecular weight excluding hydrogens is 195 g/mol. The number of anilines is 1. The molecule has 0 aromatic carbocycles. The first-order valence-corrected chi connectivity index (χ1v) is 5.18. The number of hydrogen-bond acceptors (Lipinski definition) is 2. The molecule has 0 aliphatic carbocycles. The van der Waals surface area contributed by atoms with Gasteiger partial charge in [0.25, 0.3) is 0 Å². The van der Waals surface area contributed by atoms with Gasteiger partial charge in [-0.3, -0.25) is 9.69 Å². The third-order valence-corrected chi connectivity index (χ3v) is 2.64. The van der Waals surface area contributed by atoms with E-state index in [1.807, 2.05) is 6.92 Å². The number of rotatable bonds is 2. The second-order valence-electron chi connectivity index (χ2n) is 3.62. The first-order chi connectivity index (χ1) is 7.22. The molecule has 3 nitrogen and oxygen atoms in total. The predicted octanol–water partition coefficient (Wildman–Crippen LogP) is 1.91. The van der Waals surface area contributed by atoms with E-state index in [0.717, 1.165) is 6.42 Å². The minimum atomic E-state index is -0.463. The van der Waals surface area contributed by atoms with Crippen molar-refractivity contribution in [2.75, 3.05) is 11.4 Å². The van der Waals surface area contributed by atoms with E-state index in [0.29, 0.717) is 30.8 Å². The Morgan fingerprint density at radius 3 is 2.87 bits per heavy atom. The number of carbonyl (C=O) groups is 1. The van der Waals surface area contributed by atoms with Crippen LogP contribution in [0.15, 0.2) is 12.1 Å². The topological polar surface area (TPSA) is 33.2 Å². The summed E-state index contributed by atoms with van der Waals surface area (Å²) in [5, 5.41) is 0. The maximum atomic E-state index is 13.4. The van der Waals surface area contributed by atoms with Crippen molar-refractivity contribution in [1.82, 2.24) is 4.98 Å². The summed E-state index contributed by atoms with van der Waals surface area (Å²) in [6, 6.07) is 3.41. The molecule has 1 aliphatic rings. The van der Waals surface area contributed by atoms with E-state index in [1.54, 1.807) is 17.0 Å². The minimum Gasteiger partial charge on any atom is -0.297 e. The molecule has 4 heteroatoms. The van der Waals surface area contributed by atoms with Crippen molar-refractivity contribution in [1.29, 1.82) is 0 Å². The van der Waals surface area contributed by atoms with Crippen LogP contribution in [0.2, 0.25) is 0 Å². The lowest BCUT2D eigenvalue weighted by Crippen LogP contribution is -2.25. The number of halogens is 1. The molecular formula is C11H13FN2O. The van der Waals surface area contributed by atoms with Gasteiger partial charge in [0, 0.05) is 18.5 Å². The quantitative estimate of drug-likeness (QED) is 0.695. The smallest absolute Gasteiger partial charge is 0.228 e. The summed E-state index contributed by atoms with van der Waals surface area (Å²) in [7, 11) is 0. The average molecular weight is 208 g/mol. The third-order valence-electron chi connectivity index (χ3n) is 2.64. The van der Waals surface area contributed by atoms with Gasteiger partial charge in [0.15, 0.2) is 0 Å². The Morgan fingerprint density at radius 2 is 2.33 bits per heavy atom. The van der Waals surface area contributed by atoms with E-state index >= 15 is 0 Å². The summed E-state index contributed by atoms with van der Waals surface area (Å²) in [4.78, 5) is 16.8. The van der Waals surface area contributed by atoms with E-state index in [1.165, 1.54) is 0 Å². The number of aryl methyl sites for hydroxylation is 1. The highest BCUT2D eigenvalue weighted by Gasteiger charge is 2.23. The highest BCUT2D eigenvalue weighted by molar-refractivity contribution is 5.94. The van der Waals surface area contributed by atoms with Gasteiger partial charge in [-0.2, -0.15) is 4.39 Å². The number of pyridine rings is 1. The molecule has 80 valence electrons. The largest absolute Gasteiger partial charge is 0.297 e. The lowest BCUT2D eigenvalue weighted by molar-refractivity contribution is -0.117. The first kappa shape index (κ1) is 10.1. The monoisotopic (exact) mass is 208 g/mol. The summed E-state index contributed by atoms with van der Waals surface area (Å²) in [5.41, 5.74) is 0.588. The fraction of sp³-hybridized carbons (Fsp3) is 0.455. The Kier molecular flexibility index (Phi) is 2.66. The van der Waals surface area contributed by atoms with E-state index in [4.69, 9.17) is 0 Å². The number of aromatic nitrogens is 1. The molecule has 1 aromatic heterocycles. The van der Waals surface area contributed by atoms with Gasteiger partial charge in [0.2, 0.25) is 11.9 Å². The zero-order valence-corrected chi connectivity index (χ0v) is 8.66. The highest BCUT2D eigenvalue weighted by atomic mass is 19.1. The van der Waals surface area contributed by atoms with Gasteiger partial charge in [-0.15, -0.1) is 0 Å². The fourth-order valence-corrected chi connectivity index (χ4v) is 1.76. The van der Waals surface area contributed by atoms with Crippen LogP contribution in [0.25, 0.3) is 0 Å². The Bertz CT molecular complexity index is 392. The van der Waals surface area contributed by atoms with Gasteiger partial charge in [0.05, 0.1) is 0 Å². The Hall–Kier alpha value is -1.45. The number of carbonyl (C=O) groups excluding carboxylic acids is 1. The van der Waals surface area contributed by atoms with Gasteiger partial charge < -0.3 is 0 Å². The predicted molar refractivity (Wildman–Crippen MR) is 55.2 cm³/mol. The van der Waals surface area contributed by atoms with Crippen LogP contribution in [-0.2, 0) is 11.2 Å². The Morgan fingerprint density at radius 1 is 1.53 bits per heavy atom. The molecule has 2 rings (SSSR count). The van der Waals surface area contributed by atoms with Gasteiger partial charge in [-0.25, -0.2) is 4.98 Å². The normalized spacial score (nSPS) is 16.1. The van der Waals surface area contributed by atoms with Crippen molar-refractivity contribution in [3.63, 3.8) is 0 Å². The first-order valence-electron chi connectivity index (χ1n) is 5.18. The van der Waals surface area contributed by atoms with Crippen molar-refractivity contribution in [3.8, 4) is 0 Å². The molecule has 0 radical (unpaired) electrons. The molecule has 2 heterocycles. The second-order valence-corrected chi connectivity index (χ2v) is 3.62. The Labute approximate surface area is 87.9 Å². The summed E-state index contributed by atoms with van der Waals surface area (Å²) < 4.78 is 13.4. The Balaban J connectivity index is 2.29. The lowest BCUT2D eigenvalue weighted by Gasteiger charge is -2.14. The number of amides is 1. The maximum absolute atomic E-state index is 13.4. The van der Waals surface area contributed by atoms with Crippen LogP contribution in [0.1, 0.15) is 25.3 Å². The SMILES string of the molecule is CCc1ccc(N2CCCC2=O)nc1F. The average Bonchev–Trinajstić information content (AvgIpc) is 2.64. The van der Waals surface area contributed by atoms with Crippen molar-refractivity contribution in [2.45, 2.75) is 26.2 Å². The van der Waals surface area contributed by atoms with Crippen molar-refractivity contribution in [3.05, 3.63) is 23.6 Å². The highest BCUT2D eigenvalue weighted by Crippen LogP contribution is 2.20. The van der Waals surface area contributed by atoms with Crippen molar-refractivity contribution in [2.24, 2.45) is 0 Å². The van der Waals surface area contributed by atoms with Gasteiger partial charge in [0.1, 0.15) is 5.82 Å². The summed E-state index contributed by atoms with van der Waals surface area (Å²) >= 11 is 0. The summed E-state index contributed by atoms with van der Waals surface area (Å²) in [6.07, 6.45) is 1.99. The van der Waals surface area contributed by atoms with Gasteiger partial charge in [-0.05, 0) is 18.9 Å². The maximum Gasteiger partial charge on any atom is 0.228 e. The van der Waals surface area contributed by atoms with Crippen LogP contribution in [0, 0.1) is 5.95 Å². The summed E-state index contributed by atoms with van der Waals surface area (Å²) in [6.45, 7) is 2.53. The minimum absolute atomic E-state index is 0.0335. The second kappa shape index (κ2) is 3.96.